The number of hydrogen-bond donors (Lipinski definition) is 2. The lowest BCUT2D eigenvalue weighted by Crippen LogP contribution is -2.32. The number of hydrogen-bond acceptors (Lipinski definition) is 5. The quantitative estimate of drug-likeness (QED) is 0.909. The Bertz CT molecular complexity index is 629. The summed E-state index contributed by atoms with van der Waals surface area (Å²) in [4.78, 5) is 12.1. The molecule has 0 radical (unpaired) electrons. The van der Waals surface area contributed by atoms with Crippen LogP contribution in [0.5, 0.6) is 0 Å². The van der Waals surface area contributed by atoms with Crippen molar-refractivity contribution in [2.45, 2.75) is 26.8 Å². The van der Waals surface area contributed by atoms with Gasteiger partial charge in [-0.25, -0.2) is 0 Å². The van der Waals surface area contributed by atoms with Gasteiger partial charge in [-0.2, -0.15) is 0 Å². The number of nitrogens with one attached hydrogen (secondary N) is 2. The molecule has 0 unspecified atom stereocenters. The average Bonchev–Trinajstić information content (AvgIpc) is 2.79. The summed E-state index contributed by atoms with van der Waals surface area (Å²) in [6.07, 6.45) is 0. The Labute approximate surface area is 126 Å². The van der Waals surface area contributed by atoms with Crippen molar-refractivity contribution < 1.29 is 4.79 Å². The fourth-order valence-electron chi connectivity index (χ4n) is 1.61. The average molecular weight is 311 g/mol. The molecule has 0 bridgehead atoms. The largest absolute Gasteiger partial charge is 0.374 e. The second-order valence-corrected chi connectivity index (χ2v) is 6.06. The van der Waals surface area contributed by atoms with Crippen LogP contribution in [0.1, 0.15) is 17.5 Å². The molecule has 106 valence electrons. The van der Waals surface area contributed by atoms with E-state index in [1.807, 2.05) is 26.0 Å². The number of carbonyl (C=O) groups excluding carboxylic acids is 1. The molecule has 0 spiro atoms. The molecule has 1 amide bonds. The minimum absolute atomic E-state index is 0.166. The first-order chi connectivity index (χ1) is 9.45. The third-order valence-electron chi connectivity index (χ3n) is 2.72. The molecule has 1 aromatic heterocycles. The fraction of sp³-hybridized carbons (Fsp3) is 0.308. The van der Waals surface area contributed by atoms with Gasteiger partial charge in [-0.15, -0.1) is 10.2 Å². The first kappa shape index (κ1) is 14.7. The summed E-state index contributed by atoms with van der Waals surface area (Å²) in [5.74, 6) is -0.166. The summed E-state index contributed by atoms with van der Waals surface area (Å²) < 4.78 is 0. The van der Waals surface area contributed by atoms with Crippen molar-refractivity contribution >= 4 is 39.7 Å². The van der Waals surface area contributed by atoms with Gasteiger partial charge in [-0.05, 0) is 38.5 Å². The molecule has 1 atom stereocenters. The van der Waals surface area contributed by atoms with E-state index in [0.717, 1.165) is 16.3 Å². The molecule has 7 heteroatoms. The topological polar surface area (TPSA) is 66.9 Å². The minimum Gasteiger partial charge on any atom is -0.374 e. The van der Waals surface area contributed by atoms with Crippen LogP contribution in [0.2, 0.25) is 5.02 Å². The Morgan fingerprint density at radius 3 is 2.75 bits per heavy atom. The third kappa shape index (κ3) is 3.68. The van der Waals surface area contributed by atoms with Gasteiger partial charge < -0.3 is 5.32 Å². The molecule has 0 saturated heterocycles. The van der Waals surface area contributed by atoms with E-state index in [0.29, 0.717) is 10.2 Å². The number of halogens is 1. The SMILES string of the molecule is Cc1nnc(NC(=O)[C@@H](C)Nc2cc(Cl)ccc2C)s1. The number of amides is 1. The van der Waals surface area contributed by atoms with Crippen molar-refractivity contribution in [3.05, 3.63) is 33.8 Å². The van der Waals surface area contributed by atoms with Crippen LogP contribution >= 0.6 is 22.9 Å². The minimum atomic E-state index is -0.406. The molecule has 5 nitrogen and oxygen atoms in total. The maximum atomic E-state index is 12.1. The van der Waals surface area contributed by atoms with Crippen LogP contribution in [-0.4, -0.2) is 22.1 Å². The zero-order valence-electron chi connectivity index (χ0n) is 11.4. The lowest BCUT2D eigenvalue weighted by Gasteiger charge is -2.16. The van der Waals surface area contributed by atoms with Gasteiger partial charge in [0, 0.05) is 10.7 Å². The Balaban J connectivity index is 2.02. The van der Waals surface area contributed by atoms with Crippen LogP contribution in [0.25, 0.3) is 0 Å². The van der Waals surface area contributed by atoms with Gasteiger partial charge in [0.1, 0.15) is 11.0 Å². The molecule has 0 aliphatic rings. The van der Waals surface area contributed by atoms with Gasteiger partial charge >= 0.3 is 0 Å². The molecule has 2 N–H and O–H groups in total. The number of nitrogens with zero attached hydrogens (tertiary/aromatic N) is 2. The number of aromatic nitrogens is 2. The Morgan fingerprint density at radius 2 is 2.10 bits per heavy atom. The van der Waals surface area contributed by atoms with Gasteiger partial charge in [0.25, 0.3) is 0 Å². The Morgan fingerprint density at radius 1 is 1.35 bits per heavy atom. The molecular weight excluding hydrogens is 296 g/mol. The molecule has 2 aromatic rings. The summed E-state index contributed by atoms with van der Waals surface area (Å²) in [6, 6.07) is 5.12. The normalized spacial score (nSPS) is 12.0. The highest BCUT2D eigenvalue weighted by molar-refractivity contribution is 7.15. The van der Waals surface area contributed by atoms with Crippen molar-refractivity contribution in [1.29, 1.82) is 0 Å². The van der Waals surface area contributed by atoms with Gasteiger partial charge in [0.05, 0.1) is 0 Å². The maximum absolute atomic E-state index is 12.1. The molecule has 1 heterocycles. The third-order valence-corrected chi connectivity index (χ3v) is 3.71. The first-order valence-electron chi connectivity index (χ1n) is 6.09. The van der Waals surface area contributed by atoms with E-state index in [1.165, 1.54) is 11.3 Å². The van der Waals surface area contributed by atoms with Crippen molar-refractivity contribution in [1.82, 2.24) is 10.2 Å². The standard InChI is InChI=1S/C13H15ClN4OS/c1-7-4-5-10(14)6-11(7)15-8(2)12(19)16-13-18-17-9(3)20-13/h4-6,8,15H,1-3H3,(H,16,18,19)/t8-/m1/s1. The van der Waals surface area contributed by atoms with Gasteiger partial charge in [-0.3, -0.25) is 10.1 Å². The van der Waals surface area contributed by atoms with E-state index in [1.54, 1.807) is 13.0 Å². The second kappa shape index (κ2) is 6.19. The van der Waals surface area contributed by atoms with Gasteiger partial charge in [0.15, 0.2) is 0 Å². The predicted octanol–water partition coefficient (Wildman–Crippen LogP) is 3.25. The highest BCUT2D eigenvalue weighted by Gasteiger charge is 2.15. The van der Waals surface area contributed by atoms with Gasteiger partial charge in [0.2, 0.25) is 11.0 Å². The van der Waals surface area contributed by atoms with Crippen molar-refractivity contribution in [2.24, 2.45) is 0 Å². The molecule has 1 aromatic carbocycles. The highest BCUT2D eigenvalue weighted by atomic mass is 35.5. The molecular formula is C13H15ClN4OS. The van der Waals surface area contributed by atoms with Crippen LogP contribution in [0.4, 0.5) is 10.8 Å². The molecule has 0 fully saturated rings. The lowest BCUT2D eigenvalue weighted by molar-refractivity contribution is -0.116. The van der Waals surface area contributed by atoms with Crippen LogP contribution in [0, 0.1) is 13.8 Å². The van der Waals surface area contributed by atoms with E-state index < -0.39 is 6.04 Å². The summed E-state index contributed by atoms with van der Waals surface area (Å²) >= 11 is 7.30. The summed E-state index contributed by atoms with van der Waals surface area (Å²) in [5.41, 5.74) is 1.87. The summed E-state index contributed by atoms with van der Waals surface area (Å²) in [7, 11) is 0. The lowest BCUT2D eigenvalue weighted by atomic mass is 10.2. The summed E-state index contributed by atoms with van der Waals surface area (Å²) in [6.45, 7) is 5.57. The van der Waals surface area contributed by atoms with Crippen LogP contribution in [0.15, 0.2) is 18.2 Å². The number of anilines is 2. The second-order valence-electron chi connectivity index (χ2n) is 4.44. The predicted molar refractivity (Wildman–Crippen MR) is 82.5 cm³/mol. The number of aryl methyl sites for hydroxylation is 2. The maximum Gasteiger partial charge on any atom is 0.248 e. The highest BCUT2D eigenvalue weighted by Crippen LogP contribution is 2.21. The van der Waals surface area contributed by atoms with E-state index in [4.69, 9.17) is 11.6 Å². The molecule has 0 aliphatic carbocycles. The fourth-order valence-corrected chi connectivity index (χ4v) is 2.38. The first-order valence-corrected chi connectivity index (χ1v) is 7.29. The van der Waals surface area contributed by atoms with Crippen molar-refractivity contribution in [3.8, 4) is 0 Å². The smallest absolute Gasteiger partial charge is 0.248 e. The van der Waals surface area contributed by atoms with E-state index in [-0.39, 0.29) is 5.91 Å². The monoisotopic (exact) mass is 310 g/mol. The zero-order valence-corrected chi connectivity index (χ0v) is 13.0. The molecule has 0 saturated carbocycles. The Kier molecular flexibility index (Phi) is 4.57. The van der Waals surface area contributed by atoms with Crippen molar-refractivity contribution in [2.75, 3.05) is 10.6 Å². The number of rotatable bonds is 4. The molecule has 2 rings (SSSR count). The summed E-state index contributed by atoms with van der Waals surface area (Å²) in [5, 5.41) is 15.5. The Hall–Kier alpha value is -1.66. The van der Waals surface area contributed by atoms with Crippen LogP contribution < -0.4 is 10.6 Å². The van der Waals surface area contributed by atoms with E-state index >= 15 is 0 Å². The zero-order chi connectivity index (χ0) is 14.7. The molecule has 0 aliphatic heterocycles. The van der Waals surface area contributed by atoms with Crippen LogP contribution in [0.3, 0.4) is 0 Å². The van der Waals surface area contributed by atoms with E-state index in [9.17, 15) is 4.79 Å². The number of benzene rings is 1. The van der Waals surface area contributed by atoms with Gasteiger partial charge in [-0.1, -0.05) is 29.0 Å². The van der Waals surface area contributed by atoms with Crippen LogP contribution in [-0.2, 0) is 4.79 Å². The van der Waals surface area contributed by atoms with E-state index in [2.05, 4.69) is 20.8 Å². The number of carbonyl (C=O) groups is 1. The van der Waals surface area contributed by atoms with Crippen molar-refractivity contribution in [3.63, 3.8) is 0 Å². The molecule has 20 heavy (non-hydrogen) atoms.